The smallest absolute Gasteiger partial charge is 0.317 e. The van der Waals surface area contributed by atoms with Crippen LogP contribution in [-0.2, 0) is 0 Å². The van der Waals surface area contributed by atoms with E-state index in [0.717, 1.165) is 19.5 Å². The SMILES string of the molecule is O=C(NCCOc1ncccc1Cl)N1CCC1. The minimum atomic E-state index is -0.0352. The predicted molar refractivity (Wildman–Crippen MR) is 64.3 cm³/mol. The van der Waals surface area contributed by atoms with Crippen LogP contribution in [0.4, 0.5) is 4.79 Å². The molecule has 92 valence electrons. The summed E-state index contributed by atoms with van der Waals surface area (Å²) in [6.07, 6.45) is 2.70. The molecule has 1 aromatic rings. The lowest BCUT2D eigenvalue weighted by molar-refractivity contribution is 0.165. The Morgan fingerprint density at radius 3 is 3.06 bits per heavy atom. The Balaban J connectivity index is 1.66. The number of amides is 2. The summed E-state index contributed by atoms with van der Waals surface area (Å²) in [5.41, 5.74) is 0. The molecule has 0 saturated carbocycles. The molecule has 1 N–H and O–H groups in total. The average Bonchev–Trinajstić information content (AvgIpc) is 2.24. The van der Waals surface area contributed by atoms with Crippen molar-refractivity contribution in [2.75, 3.05) is 26.2 Å². The largest absolute Gasteiger partial charge is 0.475 e. The molecule has 1 saturated heterocycles. The van der Waals surface area contributed by atoms with Gasteiger partial charge in [0.25, 0.3) is 0 Å². The van der Waals surface area contributed by atoms with Gasteiger partial charge in [-0.15, -0.1) is 0 Å². The third-order valence-corrected chi connectivity index (χ3v) is 2.77. The first-order valence-corrected chi connectivity index (χ1v) is 5.91. The van der Waals surface area contributed by atoms with Crippen LogP contribution in [0, 0.1) is 0 Å². The van der Waals surface area contributed by atoms with Gasteiger partial charge in [0.2, 0.25) is 5.88 Å². The van der Waals surface area contributed by atoms with Gasteiger partial charge in [0.15, 0.2) is 0 Å². The van der Waals surface area contributed by atoms with Gasteiger partial charge in [0.1, 0.15) is 11.6 Å². The number of hydrogen-bond donors (Lipinski definition) is 1. The molecule has 1 aliphatic rings. The minimum Gasteiger partial charge on any atom is -0.475 e. The fraction of sp³-hybridized carbons (Fsp3) is 0.455. The second-order valence-electron chi connectivity index (χ2n) is 3.71. The van der Waals surface area contributed by atoms with Gasteiger partial charge >= 0.3 is 6.03 Å². The number of carbonyl (C=O) groups is 1. The maximum absolute atomic E-state index is 11.4. The minimum absolute atomic E-state index is 0.0352. The van der Waals surface area contributed by atoms with Crippen LogP contribution in [0.15, 0.2) is 18.3 Å². The van der Waals surface area contributed by atoms with Crippen molar-refractivity contribution < 1.29 is 9.53 Å². The molecule has 1 aliphatic heterocycles. The fourth-order valence-electron chi connectivity index (χ4n) is 1.41. The lowest BCUT2D eigenvalue weighted by Gasteiger charge is -2.30. The molecule has 2 rings (SSSR count). The lowest BCUT2D eigenvalue weighted by Crippen LogP contribution is -2.48. The molecule has 1 aromatic heterocycles. The highest BCUT2D eigenvalue weighted by molar-refractivity contribution is 6.31. The standard InChI is InChI=1S/C11H14ClN3O2/c12-9-3-1-4-13-10(9)17-8-5-14-11(16)15-6-2-7-15/h1,3-4H,2,5-8H2,(H,14,16). The molecule has 5 nitrogen and oxygen atoms in total. The number of urea groups is 1. The van der Waals surface area contributed by atoms with Gasteiger partial charge in [-0.1, -0.05) is 11.6 Å². The molecule has 0 unspecified atom stereocenters. The number of likely N-dealkylation sites (tertiary alicyclic amines) is 1. The molecular formula is C11H14ClN3O2. The van der Waals surface area contributed by atoms with Crippen molar-refractivity contribution in [2.45, 2.75) is 6.42 Å². The molecule has 0 atom stereocenters. The van der Waals surface area contributed by atoms with Crippen LogP contribution in [0.5, 0.6) is 5.88 Å². The number of hydrogen-bond acceptors (Lipinski definition) is 3. The second-order valence-corrected chi connectivity index (χ2v) is 4.12. The van der Waals surface area contributed by atoms with Crippen LogP contribution >= 0.6 is 11.6 Å². The predicted octanol–water partition coefficient (Wildman–Crippen LogP) is 1.53. The van der Waals surface area contributed by atoms with E-state index in [0.29, 0.717) is 24.1 Å². The van der Waals surface area contributed by atoms with Gasteiger partial charge in [-0.3, -0.25) is 0 Å². The van der Waals surface area contributed by atoms with E-state index in [-0.39, 0.29) is 6.03 Å². The van der Waals surface area contributed by atoms with Crippen LogP contribution in [0.2, 0.25) is 5.02 Å². The second kappa shape index (κ2) is 5.72. The van der Waals surface area contributed by atoms with Crippen molar-refractivity contribution in [2.24, 2.45) is 0 Å². The highest BCUT2D eigenvalue weighted by atomic mass is 35.5. The van der Waals surface area contributed by atoms with Crippen LogP contribution < -0.4 is 10.1 Å². The van der Waals surface area contributed by atoms with Gasteiger partial charge in [0.05, 0.1) is 6.54 Å². The van der Waals surface area contributed by atoms with Crippen LogP contribution in [0.25, 0.3) is 0 Å². The fourth-order valence-corrected chi connectivity index (χ4v) is 1.59. The van der Waals surface area contributed by atoms with Crippen LogP contribution in [0.3, 0.4) is 0 Å². The first kappa shape index (κ1) is 12.0. The molecule has 0 aliphatic carbocycles. The number of halogens is 1. The summed E-state index contributed by atoms with van der Waals surface area (Å²) < 4.78 is 5.34. The van der Waals surface area contributed by atoms with Gasteiger partial charge in [0, 0.05) is 19.3 Å². The van der Waals surface area contributed by atoms with E-state index in [1.165, 1.54) is 0 Å². The Hall–Kier alpha value is -1.49. The summed E-state index contributed by atoms with van der Waals surface area (Å²) in [5.74, 6) is 0.396. The van der Waals surface area contributed by atoms with Gasteiger partial charge < -0.3 is 15.0 Å². The molecule has 2 amide bonds. The number of carbonyl (C=O) groups excluding carboxylic acids is 1. The Labute approximate surface area is 105 Å². The van der Waals surface area contributed by atoms with E-state index in [1.807, 2.05) is 0 Å². The molecule has 0 spiro atoms. The molecule has 17 heavy (non-hydrogen) atoms. The topological polar surface area (TPSA) is 54.5 Å². The number of nitrogens with one attached hydrogen (secondary N) is 1. The molecule has 6 heteroatoms. The van der Waals surface area contributed by atoms with Gasteiger partial charge in [-0.2, -0.15) is 0 Å². The van der Waals surface area contributed by atoms with Crippen molar-refractivity contribution in [1.82, 2.24) is 15.2 Å². The molecule has 0 radical (unpaired) electrons. The van der Waals surface area contributed by atoms with Crippen molar-refractivity contribution in [3.05, 3.63) is 23.4 Å². The molecular weight excluding hydrogens is 242 g/mol. The van der Waals surface area contributed by atoms with Crippen LogP contribution in [-0.4, -0.2) is 42.2 Å². The molecule has 2 heterocycles. The third-order valence-electron chi connectivity index (χ3n) is 2.49. The summed E-state index contributed by atoms with van der Waals surface area (Å²) in [6, 6.07) is 3.41. The number of aromatic nitrogens is 1. The Morgan fingerprint density at radius 2 is 2.41 bits per heavy atom. The summed E-state index contributed by atoms with van der Waals surface area (Å²) in [7, 11) is 0. The maximum atomic E-state index is 11.4. The monoisotopic (exact) mass is 255 g/mol. The van der Waals surface area contributed by atoms with Crippen molar-refractivity contribution >= 4 is 17.6 Å². The first-order valence-electron chi connectivity index (χ1n) is 5.53. The zero-order chi connectivity index (χ0) is 12.1. The lowest BCUT2D eigenvalue weighted by atomic mass is 10.2. The summed E-state index contributed by atoms with van der Waals surface area (Å²) in [6.45, 7) is 2.50. The van der Waals surface area contributed by atoms with E-state index in [1.54, 1.807) is 23.2 Å². The Morgan fingerprint density at radius 1 is 1.59 bits per heavy atom. The number of rotatable bonds is 4. The maximum Gasteiger partial charge on any atom is 0.317 e. The summed E-state index contributed by atoms with van der Waals surface area (Å²) in [4.78, 5) is 17.2. The van der Waals surface area contributed by atoms with Gasteiger partial charge in [-0.25, -0.2) is 9.78 Å². The highest BCUT2D eigenvalue weighted by Crippen LogP contribution is 2.19. The van der Waals surface area contributed by atoms with E-state index >= 15 is 0 Å². The number of nitrogens with zero attached hydrogens (tertiary/aromatic N) is 2. The van der Waals surface area contributed by atoms with Crippen molar-refractivity contribution in [3.8, 4) is 5.88 Å². The van der Waals surface area contributed by atoms with Crippen molar-refractivity contribution in [1.29, 1.82) is 0 Å². The summed E-state index contributed by atoms with van der Waals surface area (Å²) >= 11 is 5.86. The van der Waals surface area contributed by atoms with E-state index in [2.05, 4.69) is 10.3 Å². The normalized spacial score (nSPS) is 14.1. The Kier molecular flexibility index (Phi) is 4.03. The molecule has 0 aromatic carbocycles. The quantitative estimate of drug-likeness (QED) is 0.830. The highest BCUT2D eigenvalue weighted by Gasteiger charge is 2.19. The van der Waals surface area contributed by atoms with Crippen LogP contribution in [0.1, 0.15) is 6.42 Å². The van der Waals surface area contributed by atoms with E-state index < -0.39 is 0 Å². The Bertz CT molecular complexity index is 396. The average molecular weight is 256 g/mol. The first-order chi connectivity index (χ1) is 8.27. The zero-order valence-corrected chi connectivity index (χ0v) is 10.1. The molecule has 0 bridgehead atoms. The van der Waals surface area contributed by atoms with E-state index in [9.17, 15) is 4.79 Å². The number of ether oxygens (including phenoxy) is 1. The molecule has 1 fully saturated rings. The van der Waals surface area contributed by atoms with Gasteiger partial charge in [-0.05, 0) is 18.6 Å². The third kappa shape index (κ3) is 3.23. The summed E-state index contributed by atoms with van der Waals surface area (Å²) in [5, 5.41) is 3.24. The van der Waals surface area contributed by atoms with Crippen molar-refractivity contribution in [3.63, 3.8) is 0 Å². The van der Waals surface area contributed by atoms with E-state index in [4.69, 9.17) is 16.3 Å². The zero-order valence-electron chi connectivity index (χ0n) is 9.36. The number of pyridine rings is 1.